The quantitative estimate of drug-likeness (QED) is 0.885. The molecule has 2 amide bonds. The smallest absolute Gasteiger partial charge is 0.229 e. The monoisotopic (exact) mass is 328 g/mol. The van der Waals surface area contributed by atoms with Crippen molar-refractivity contribution < 1.29 is 18.7 Å². The number of hydrogen-bond acceptors (Lipinski definition) is 4. The molecular formula is C18H20N2O4. The van der Waals surface area contributed by atoms with Crippen LogP contribution in [0.15, 0.2) is 47.1 Å². The molecule has 1 aliphatic heterocycles. The molecule has 1 aromatic heterocycles. The summed E-state index contributed by atoms with van der Waals surface area (Å²) in [5.74, 6) is 0.957. The van der Waals surface area contributed by atoms with Gasteiger partial charge in [0, 0.05) is 18.7 Å². The van der Waals surface area contributed by atoms with Crippen molar-refractivity contribution in [3.05, 3.63) is 48.4 Å². The van der Waals surface area contributed by atoms with Gasteiger partial charge in [-0.05, 0) is 43.3 Å². The van der Waals surface area contributed by atoms with Gasteiger partial charge in [0.05, 0.1) is 25.3 Å². The van der Waals surface area contributed by atoms with Gasteiger partial charge in [-0.3, -0.25) is 9.59 Å². The first-order chi connectivity index (χ1) is 11.7. The van der Waals surface area contributed by atoms with E-state index in [0.717, 1.165) is 11.5 Å². The highest BCUT2D eigenvalue weighted by Gasteiger charge is 2.34. The van der Waals surface area contributed by atoms with Crippen molar-refractivity contribution in [2.24, 2.45) is 5.92 Å². The molecule has 1 atom stereocenters. The Labute approximate surface area is 140 Å². The second-order valence-electron chi connectivity index (χ2n) is 5.70. The topological polar surface area (TPSA) is 71.8 Å². The summed E-state index contributed by atoms with van der Waals surface area (Å²) in [6.07, 6.45) is 1.80. The molecule has 1 saturated heterocycles. The molecular weight excluding hydrogens is 308 g/mol. The Hall–Kier alpha value is -2.76. The van der Waals surface area contributed by atoms with Crippen molar-refractivity contribution in [2.45, 2.75) is 19.9 Å². The first kappa shape index (κ1) is 16.1. The lowest BCUT2D eigenvalue weighted by molar-refractivity contribution is -0.128. The zero-order valence-electron chi connectivity index (χ0n) is 13.5. The maximum atomic E-state index is 12.4. The van der Waals surface area contributed by atoms with Gasteiger partial charge in [-0.15, -0.1) is 0 Å². The maximum Gasteiger partial charge on any atom is 0.229 e. The molecule has 6 heteroatoms. The van der Waals surface area contributed by atoms with E-state index in [-0.39, 0.29) is 24.2 Å². The van der Waals surface area contributed by atoms with Gasteiger partial charge in [0.25, 0.3) is 0 Å². The van der Waals surface area contributed by atoms with Crippen LogP contribution in [0.2, 0.25) is 0 Å². The Morgan fingerprint density at radius 1 is 1.33 bits per heavy atom. The molecule has 126 valence electrons. The van der Waals surface area contributed by atoms with E-state index in [4.69, 9.17) is 9.15 Å². The first-order valence-electron chi connectivity index (χ1n) is 7.99. The summed E-state index contributed by atoms with van der Waals surface area (Å²) in [7, 11) is 0. The fraction of sp³-hybridized carbons (Fsp3) is 0.333. The van der Waals surface area contributed by atoms with Crippen molar-refractivity contribution in [3.63, 3.8) is 0 Å². The summed E-state index contributed by atoms with van der Waals surface area (Å²) in [5.41, 5.74) is 0.695. The van der Waals surface area contributed by atoms with E-state index in [0.29, 0.717) is 25.4 Å². The van der Waals surface area contributed by atoms with Crippen LogP contribution in [-0.2, 0) is 16.1 Å². The van der Waals surface area contributed by atoms with Crippen LogP contribution in [-0.4, -0.2) is 29.9 Å². The molecule has 1 aliphatic rings. The molecule has 0 bridgehead atoms. The molecule has 24 heavy (non-hydrogen) atoms. The molecule has 2 heterocycles. The van der Waals surface area contributed by atoms with Gasteiger partial charge in [-0.2, -0.15) is 0 Å². The highest BCUT2D eigenvalue weighted by molar-refractivity contribution is 5.97. The molecule has 0 aliphatic carbocycles. The zero-order valence-corrected chi connectivity index (χ0v) is 13.5. The Bertz CT molecular complexity index is 694. The van der Waals surface area contributed by atoms with E-state index >= 15 is 0 Å². The maximum absolute atomic E-state index is 12.4. The fourth-order valence-corrected chi connectivity index (χ4v) is 2.74. The third kappa shape index (κ3) is 3.76. The van der Waals surface area contributed by atoms with Crippen molar-refractivity contribution in [1.82, 2.24) is 4.90 Å². The highest BCUT2D eigenvalue weighted by atomic mass is 16.5. The average molecular weight is 328 g/mol. The zero-order chi connectivity index (χ0) is 16.9. The summed E-state index contributed by atoms with van der Waals surface area (Å²) in [6, 6.07) is 10.8. The van der Waals surface area contributed by atoms with E-state index < -0.39 is 0 Å². The van der Waals surface area contributed by atoms with E-state index in [1.165, 1.54) is 0 Å². The largest absolute Gasteiger partial charge is 0.494 e. The second kappa shape index (κ2) is 7.21. The minimum absolute atomic E-state index is 0.0294. The second-order valence-corrected chi connectivity index (χ2v) is 5.70. The van der Waals surface area contributed by atoms with E-state index in [1.54, 1.807) is 29.4 Å². The molecule has 1 N–H and O–H groups in total. The molecule has 2 aromatic rings. The predicted molar refractivity (Wildman–Crippen MR) is 88.5 cm³/mol. The van der Waals surface area contributed by atoms with Crippen LogP contribution in [0.4, 0.5) is 5.69 Å². The number of rotatable bonds is 6. The molecule has 1 fully saturated rings. The number of furan rings is 1. The van der Waals surface area contributed by atoms with Gasteiger partial charge in [-0.1, -0.05) is 0 Å². The Morgan fingerprint density at radius 3 is 2.79 bits per heavy atom. The summed E-state index contributed by atoms with van der Waals surface area (Å²) in [6.45, 7) is 3.32. The minimum atomic E-state index is -0.348. The van der Waals surface area contributed by atoms with Crippen LogP contribution in [0.5, 0.6) is 5.75 Å². The molecule has 1 aromatic carbocycles. The van der Waals surface area contributed by atoms with Crippen LogP contribution in [0.1, 0.15) is 19.1 Å². The van der Waals surface area contributed by atoms with Crippen molar-refractivity contribution >= 4 is 17.5 Å². The van der Waals surface area contributed by atoms with Crippen LogP contribution in [0.25, 0.3) is 0 Å². The molecule has 0 radical (unpaired) electrons. The molecule has 0 spiro atoms. The molecule has 0 saturated carbocycles. The summed E-state index contributed by atoms with van der Waals surface area (Å²) in [5, 5.41) is 2.86. The number of amides is 2. The Morgan fingerprint density at radius 2 is 2.12 bits per heavy atom. The standard InChI is InChI=1S/C18H20N2O4/c1-2-23-15-7-5-14(6-8-15)19-18(22)13-10-17(21)20(11-13)12-16-4-3-9-24-16/h3-9,13H,2,10-12H2,1H3,(H,19,22). The lowest BCUT2D eigenvalue weighted by Crippen LogP contribution is -2.27. The van der Waals surface area contributed by atoms with Crippen LogP contribution >= 0.6 is 0 Å². The SMILES string of the molecule is CCOc1ccc(NC(=O)C2CC(=O)N(Cc3ccco3)C2)cc1. The highest BCUT2D eigenvalue weighted by Crippen LogP contribution is 2.23. The number of benzene rings is 1. The van der Waals surface area contributed by atoms with Gasteiger partial charge >= 0.3 is 0 Å². The number of anilines is 1. The number of carbonyl (C=O) groups excluding carboxylic acids is 2. The van der Waals surface area contributed by atoms with E-state index in [2.05, 4.69) is 5.32 Å². The van der Waals surface area contributed by atoms with E-state index in [9.17, 15) is 9.59 Å². The van der Waals surface area contributed by atoms with Gasteiger partial charge < -0.3 is 19.4 Å². The van der Waals surface area contributed by atoms with Crippen LogP contribution < -0.4 is 10.1 Å². The number of hydrogen-bond donors (Lipinski definition) is 1. The van der Waals surface area contributed by atoms with Crippen molar-refractivity contribution in [2.75, 3.05) is 18.5 Å². The minimum Gasteiger partial charge on any atom is -0.494 e. The van der Waals surface area contributed by atoms with Crippen LogP contribution in [0, 0.1) is 5.92 Å². The number of nitrogens with one attached hydrogen (secondary N) is 1. The normalized spacial score (nSPS) is 17.1. The number of likely N-dealkylation sites (tertiary alicyclic amines) is 1. The lowest BCUT2D eigenvalue weighted by atomic mass is 10.1. The summed E-state index contributed by atoms with van der Waals surface area (Å²) >= 11 is 0. The van der Waals surface area contributed by atoms with E-state index in [1.807, 2.05) is 25.1 Å². The van der Waals surface area contributed by atoms with Crippen LogP contribution in [0.3, 0.4) is 0 Å². The first-order valence-corrected chi connectivity index (χ1v) is 7.99. The number of carbonyl (C=O) groups is 2. The molecule has 6 nitrogen and oxygen atoms in total. The van der Waals surface area contributed by atoms with Gasteiger partial charge in [0.1, 0.15) is 11.5 Å². The average Bonchev–Trinajstić information content (AvgIpc) is 3.20. The van der Waals surface area contributed by atoms with Crippen molar-refractivity contribution in [1.29, 1.82) is 0 Å². The Kier molecular flexibility index (Phi) is 4.84. The molecule has 1 unspecified atom stereocenters. The van der Waals surface area contributed by atoms with Gasteiger partial charge in [0.15, 0.2) is 0 Å². The Balaban J connectivity index is 1.56. The van der Waals surface area contributed by atoms with Gasteiger partial charge in [-0.25, -0.2) is 0 Å². The third-order valence-electron chi connectivity index (χ3n) is 3.94. The number of ether oxygens (including phenoxy) is 1. The lowest BCUT2D eigenvalue weighted by Gasteiger charge is -2.15. The summed E-state index contributed by atoms with van der Waals surface area (Å²) < 4.78 is 10.6. The van der Waals surface area contributed by atoms with Gasteiger partial charge in [0.2, 0.25) is 11.8 Å². The third-order valence-corrected chi connectivity index (χ3v) is 3.94. The fourth-order valence-electron chi connectivity index (χ4n) is 2.74. The molecule has 3 rings (SSSR count). The predicted octanol–water partition coefficient (Wildman–Crippen LogP) is 2.67. The number of nitrogens with zero attached hydrogens (tertiary/aromatic N) is 1. The van der Waals surface area contributed by atoms with Crippen molar-refractivity contribution in [3.8, 4) is 5.75 Å². The summed E-state index contributed by atoms with van der Waals surface area (Å²) in [4.78, 5) is 26.1.